The Morgan fingerprint density at radius 3 is 2.68 bits per heavy atom. The molecule has 158 valence electrons. The van der Waals surface area contributed by atoms with E-state index in [2.05, 4.69) is 20.5 Å². The van der Waals surface area contributed by atoms with Crippen LogP contribution >= 0.6 is 0 Å². The highest BCUT2D eigenvalue weighted by Gasteiger charge is 2.27. The van der Waals surface area contributed by atoms with Gasteiger partial charge in [-0.2, -0.15) is 4.98 Å². The molecule has 0 fully saturated rings. The number of methoxy groups -OCH3 is 2. The molecule has 0 radical (unpaired) electrons. The van der Waals surface area contributed by atoms with Gasteiger partial charge in [0, 0.05) is 5.56 Å². The monoisotopic (exact) mass is 423 g/mol. The molecular formula is C21H18FN5O4. The number of hydrogen-bond acceptors (Lipinski definition) is 8. The Morgan fingerprint density at radius 1 is 1.10 bits per heavy atom. The highest BCUT2D eigenvalue weighted by Crippen LogP contribution is 2.32. The van der Waals surface area contributed by atoms with Crippen LogP contribution in [0, 0.1) is 5.82 Å². The third kappa shape index (κ3) is 3.50. The number of hydrogen-bond donors (Lipinski definition) is 0. The molecule has 2 aromatic carbocycles. The van der Waals surface area contributed by atoms with E-state index in [4.69, 9.17) is 18.7 Å². The van der Waals surface area contributed by atoms with Gasteiger partial charge in [-0.25, -0.2) is 9.07 Å². The molecule has 0 N–H and O–H groups in total. The third-order valence-electron chi connectivity index (χ3n) is 5.12. The summed E-state index contributed by atoms with van der Waals surface area (Å²) in [7, 11) is 3.03. The van der Waals surface area contributed by atoms with Gasteiger partial charge in [0.05, 0.1) is 33.1 Å². The summed E-state index contributed by atoms with van der Waals surface area (Å²) in [5, 5.41) is 12.4. The van der Waals surface area contributed by atoms with E-state index >= 15 is 0 Å². The maximum absolute atomic E-state index is 14.0. The molecule has 1 aliphatic heterocycles. The topological polar surface area (TPSA) is 97.3 Å². The smallest absolute Gasteiger partial charge is 0.258 e. The summed E-state index contributed by atoms with van der Waals surface area (Å²) in [6.07, 6.45) is -0.156. The van der Waals surface area contributed by atoms with Gasteiger partial charge in [0.1, 0.15) is 11.9 Å². The molecular weight excluding hydrogens is 405 g/mol. The molecule has 2 aromatic heterocycles. The Labute approximate surface area is 176 Å². The van der Waals surface area contributed by atoms with Gasteiger partial charge in [0.15, 0.2) is 17.3 Å². The second-order valence-electron chi connectivity index (χ2n) is 6.91. The number of fused-ring (bicyclic) bond motifs is 1. The number of halogens is 1. The molecule has 3 heterocycles. The van der Waals surface area contributed by atoms with Gasteiger partial charge in [-0.3, -0.25) is 0 Å². The molecule has 4 aromatic rings. The summed E-state index contributed by atoms with van der Waals surface area (Å²) >= 11 is 0. The number of nitrogens with zero attached hydrogens (tertiary/aromatic N) is 5. The van der Waals surface area contributed by atoms with Crippen LogP contribution < -0.4 is 9.47 Å². The van der Waals surface area contributed by atoms with E-state index in [9.17, 15) is 4.39 Å². The van der Waals surface area contributed by atoms with Gasteiger partial charge in [-0.15, -0.1) is 5.10 Å². The summed E-state index contributed by atoms with van der Waals surface area (Å²) in [4.78, 5) is 4.35. The predicted octanol–water partition coefficient (Wildman–Crippen LogP) is 3.42. The molecule has 0 unspecified atom stereocenters. The SMILES string of the molecule is COc1ccc([C@@H]2Cn3nnc(-c4noc(-c5ccc(OC)c(F)c5)n4)c3CO2)cc1. The average molecular weight is 423 g/mol. The van der Waals surface area contributed by atoms with Crippen LogP contribution in [0.25, 0.3) is 23.0 Å². The fourth-order valence-corrected chi connectivity index (χ4v) is 3.44. The molecule has 1 aliphatic rings. The lowest BCUT2D eigenvalue weighted by molar-refractivity contribution is -0.00114. The van der Waals surface area contributed by atoms with Gasteiger partial charge in [-0.05, 0) is 35.9 Å². The van der Waals surface area contributed by atoms with Crippen molar-refractivity contribution in [2.45, 2.75) is 19.3 Å². The van der Waals surface area contributed by atoms with Gasteiger partial charge in [0.2, 0.25) is 5.82 Å². The van der Waals surface area contributed by atoms with Crippen molar-refractivity contribution < 1.29 is 23.1 Å². The Morgan fingerprint density at radius 2 is 1.94 bits per heavy atom. The third-order valence-corrected chi connectivity index (χ3v) is 5.12. The van der Waals surface area contributed by atoms with Crippen LogP contribution in [0.5, 0.6) is 11.5 Å². The summed E-state index contributed by atoms with van der Waals surface area (Å²) in [5.74, 6) is 0.844. The summed E-state index contributed by atoms with van der Waals surface area (Å²) in [6, 6.07) is 12.1. The standard InChI is InChI=1S/C21H18FN5O4/c1-28-14-6-3-12(4-7-14)18-10-27-16(11-30-18)19(24-26-27)20-23-21(31-25-20)13-5-8-17(29-2)15(22)9-13/h3-9,18H,10-11H2,1-2H3/t18-/m0/s1. The zero-order valence-electron chi connectivity index (χ0n) is 16.8. The van der Waals surface area contributed by atoms with E-state index in [0.29, 0.717) is 24.4 Å². The zero-order chi connectivity index (χ0) is 21.4. The maximum Gasteiger partial charge on any atom is 0.258 e. The van der Waals surface area contributed by atoms with Crippen molar-refractivity contribution in [1.82, 2.24) is 25.1 Å². The van der Waals surface area contributed by atoms with E-state index < -0.39 is 5.82 Å². The molecule has 0 saturated heterocycles. The molecule has 9 nitrogen and oxygen atoms in total. The van der Waals surface area contributed by atoms with Gasteiger partial charge >= 0.3 is 0 Å². The largest absolute Gasteiger partial charge is 0.497 e. The van der Waals surface area contributed by atoms with Crippen LogP contribution in [-0.2, 0) is 17.9 Å². The molecule has 0 amide bonds. The van der Waals surface area contributed by atoms with Crippen molar-refractivity contribution in [3.05, 3.63) is 59.5 Å². The fourth-order valence-electron chi connectivity index (χ4n) is 3.44. The molecule has 10 heteroatoms. The van der Waals surface area contributed by atoms with Crippen LogP contribution in [0.4, 0.5) is 4.39 Å². The molecule has 0 saturated carbocycles. The Bertz CT molecular complexity index is 1220. The van der Waals surface area contributed by atoms with Crippen molar-refractivity contribution in [1.29, 1.82) is 0 Å². The van der Waals surface area contributed by atoms with Crippen LogP contribution in [0.3, 0.4) is 0 Å². The van der Waals surface area contributed by atoms with Crippen LogP contribution in [0.1, 0.15) is 17.4 Å². The van der Waals surface area contributed by atoms with E-state index in [1.54, 1.807) is 17.9 Å². The number of ether oxygens (including phenoxy) is 3. The normalized spacial score (nSPS) is 15.5. The quantitative estimate of drug-likeness (QED) is 0.482. The minimum Gasteiger partial charge on any atom is -0.497 e. The fraction of sp³-hybridized carbons (Fsp3) is 0.238. The van der Waals surface area contributed by atoms with Gasteiger partial charge < -0.3 is 18.7 Å². The molecule has 5 rings (SSSR count). The molecule has 0 spiro atoms. The number of benzene rings is 2. The minimum absolute atomic E-state index is 0.138. The van der Waals surface area contributed by atoms with Crippen molar-refractivity contribution in [3.63, 3.8) is 0 Å². The molecule has 1 atom stereocenters. The molecule has 31 heavy (non-hydrogen) atoms. The maximum atomic E-state index is 14.0. The summed E-state index contributed by atoms with van der Waals surface area (Å²) in [6.45, 7) is 0.795. The number of rotatable bonds is 5. The highest BCUT2D eigenvalue weighted by molar-refractivity contribution is 5.59. The summed E-state index contributed by atoms with van der Waals surface area (Å²) in [5.41, 5.74) is 2.68. The van der Waals surface area contributed by atoms with Crippen LogP contribution in [0.2, 0.25) is 0 Å². The van der Waals surface area contributed by atoms with E-state index in [1.807, 2.05) is 24.3 Å². The Balaban J connectivity index is 1.38. The van der Waals surface area contributed by atoms with E-state index in [1.165, 1.54) is 19.2 Å². The lowest BCUT2D eigenvalue weighted by atomic mass is 10.1. The first kappa shape index (κ1) is 19.2. The lowest BCUT2D eigenvalue weighted by Crippen LogP contribution is -2.22. The Hall–Kier alpha value is -3.79. The molecule has 0 bridgehead atoms. The first-order valence-corrected chi connectivity index (χ1v) is 9.52. The highest BCUT2D eigenvalue weighted by atomic mass is 19.1. The first-order valence-electron chi connectivity index (χ1n) is 9.52. The molecule has 0 aliphatic carbocycles. The minimum atomic E-state index is -0.515. The second kappa shape index (κ2) is 7.80. The van der Waals surface area contributed by atoms with Crippen molar-refractivity contribution in [3.8, 4) is 34.5 Å². The van der Waals surface area contributed by atoms with Gasteiger partial charge in [-0.1, -0.05) is 22.5 Å². The Kier molecular flexibility index (Phi) is 4.83. The van der Waals surface area contributed by atoms with Crippen LogP contribution in [-0.4, -0.2) is 39.4 Å². The van der Waals surface area contributed by atoms with E-state index in [0.717, 1.165) is 17.0 Å². The average Bonchev–Trinajstić information content (AvgIpc) is 3.46. The second-order valence-corrected chi connectivity index (χ2v) is 6.91. The zero-order valence-corrected chi connectivity index (χ0v) is 16.8. The van der Waals surface area contributed by atoms with Crippen molar-refractivity contribution in [2.75, 3.05) is 14.2 Å². The van der Waals surface area contributed by atoms with Gasteiger partial charge in [0.25, 0.3) is 5.89 Å². The summed E-state index contributed by atoms with van der Waals surface area (Å²) < 4.78 is 37.2. The lowest BCUT2D eigenvalue weighted by Gasteiger charge is -2.24. The van der Waals surface area contributed by atoms with Crippen molar-refractivity contribution in [2.24, 2.45) is 0 Å². The predicted molar refractivity (Wildman–Crippen MR) is 106 cm³/mol. The number of aromatic nitrogens is 5. The first-order chi connectivity index (χ1) is 15.2. The van der Waals surface area contributed by atoms with E-state index in [-0.39, 0.29) is 23.6 Å². The van der Waals surface area contributed by atoms with Crippen LogP contribution in [0.15, 0.2) is 47.0 Å². The van der Waals surface area contributed by atoms with Crippen molar-refractivity contribution >= 4 is 0 Å².